The number of hydrogen-bond acceptors (Lipinski definition) is 6. The largest absolute Gasteiger partial charge is 0.462 e. The van der Waals surface area contributed by atoms with Crippen LogP contribution in [-0.4, -0.2) is 37.2 Å². The molecule has 330 valence electrons. The van der Waals surface area contributed by atoms with E-state index in [1.165, 1.54) is 64.2 Å². The summed E-state index contributed by atoms with van der Waals surface area (Å²) in [7, 11) is 0. The molecule has 0 rings (SSSR count). The summed E-state index contributed by atoms with van der Waals surface area (Å²) >= 11 is 0. The molecule has 6 heteroatoms. The molecule has 0 aromatic carbocycles. The fourth-order valence-corrected chi connectivity index (χ4v) is 6.20. The highest BCUT2D eigenvalue weighted by Crippen LogP contribution is 2.13. The van der Waals surface area contributed by atoms with E-state index >= 15 is 0 Å². The molecular weight excluding hydrogens is 721 g/mol. The number of carbonyl (C=O) groups excluding carboxylic acids is 3. The summed E-state index contributed by atoms with van der Waals surface area (Å²) in [5.74, 6) is -0.942. The summed E-state index contributed by atoms with van der Waals surface area (Å²) in [4.78, 5) is 37.8. The Hall–Kier alpha value is -3.41. The van der Waals surface area contributed by atoms with E-state index < -0.39 is 6.10 Å². The first-order valence-corrected chi connectivity index (χ1v) is 23.7. The first kappa shape index (κ1) is 54.6. The van der Waals surface area contributed by atoms with Crippen molar-refractivity contribution in [3.05, 3.63) is 85.1 Å². The first-order chi connectivity index (χ1) is 28.5. The Morgan fingerprint density at radius 1 is 0.362 bits per heavy atom. The van der Waals surface area contributed by atoms with Crippen LogP contribution in [-0.2, 0) is 28.6 Å². The van der Waals surface area contributed by atoms with Crippen molar-refractivity contribution in [1.29, 1.82) is 0 Å². The van der Waals surface area contributed by atoms with Crippen molar-refractivity contribution in [3.63, 3.8) is 0 Å². The fourth-order valence-electron chi connectivity index (χ4n) is 6.20. The zero-order valence-electron chi connectivity index (χ0n) is 37.5. The van der Waals surface area contributed by atoms with E-state index in [4.69, 9.17) is 14.2 Å². The van der Waals surface area contributed by atoms with Crippen molar-refractivity contribution in [2.24, 2.45) is 0 Å². The molecule has 0 spiro atoms. The van der Waals surface area contributed by atoms with Gasteiger partial charge in [0.2, 0.25) is 0 Å². The predicted octanol–water partition coefficient (Wildman–Crippen LogP) is 15.3. The Morgan fingerprint density at radius 2 is 0.690 bits per heavy atom. The molecule has 0 saturated heterocycles. The Balaban J connectivity index is 4.45. The van der Waals surface area contributed by atoms with Crippen LogP contribution < -0.4 is 0 Å². The fraction of sp³-hybridized carbons (Fsp3) is 0.673. The monoisotopic (exact) mass is 807 g/mol. The molecule has 6 nitrogen and oxygen atoms in total. The van der Waals surface area contributed by atoms with Crippen molar-refractivity contribution in [2.45, 2.75) is 213 Å². The van der Waals surface area contributed by atoms with Gasteiger partial charge in [-0.2, -0.15) is 0 Å². The third kappa shape index (κ3) is 43.7. The number of ether oxygens (including phenoxy) is 3. The van der Waals surface area contributed by atoms with Gasteiger partial charge in [-0.3, -0.25) is 14.4 Å². The van der Waals surface area contributed by atoms with Crippen LogP contribution >= 0.6 is 0 Å². The molecule has 1 atom stereocenters. The second-order valence-corrected chi connectivity index (χ2v) is 15.4. The molecule has 0 heterocycles. The SMILES string of the molecule is CC\C=C/C=C\C=C/CCCCCCCCCC(=O)OCC(COC(=O)CCCCCCC/C=C\CCCCC)OC(=O)CCCCCCC\C=C/C=C\C=C/CC. The molecule has 0 fully saturated rings. The zero-order valence-corrected chi connectivity index (χ0v) is 37.5. The molecule has 0 aliphatic heterocycles. The van der Waals surface area contributed by atoms with Crippen LogP contribution in [0.15, 0.2) is 85.1 Å². The molecule has 58 heavy (non-hydrogen) atoms. The summed E-state index contributed by atoms with van der Waals surface area (Å²) in [6.07, 6.45) is 58.5. The average molecular weight is 807 g/mol. The zero-order chi connectivity index (χ0) is 42.3. The Kier molecular flexibility index (Phi) is 43.6. The van der Waals surface area contributed by atoms with E-state index in [2.05, 4.69) is 106 Å². The summed E-state index contributed by atoms with van der Waals surface area (Å²) in [6.45, 7) is 6.30. The van der Waals surface area contributed by atoms with Crippen molar-refractivity contribution in [3.8, 4) is 0 Å². The molecule has 0 N–H and O–H groups in total. The third-order valence-electron chi connectivity index (χ3n) is 9.74. The lowest BCUT2D eigenvalue weighted by molar-refractivity contribution is -0.167. The van der Waals surface area contributed by atoms with Crippen LogP contribution in [0.5, 0.6) is 0 Å². The molecule has 0 radical (unpaired) electrons. The Labute approximate surface area is 356 Å². The smallest absolute Gasteiger partial charge is 0.306 e. The molecule has 0 aromatic rings. The van der Waals surface area contributed by atoms with Crippen molar-refractivity contribution in [2.75, 3.05) is 13.2 Å². The predicted molar refractivity (Wildman–Crippen MR) is 247 cm³/mol. The Morgan fingerprint density at radius 3 is 1.09 bits per heavy atom. The van der Waals surface area contributed by atoms with Crippen LogP contribution in [0.25, 0.3) is 0 Å². The van der Waals surface area contributed by atoms with Gasteiger partial charge in [0.25, 0.3) is 0 Å². The van der Waals surface area contributed by atoms with Crippen LogP contribution in [0.2, 0.25) is 0 Å². The van der Waals surface area contributed by atoms with Crippen LogP contribution in [0.3, 0.4) is 0 Å². The lowest BCUT2D eigenvalue weighted by Gasteiger charge is -2.18. The Bertz CT molecular complexity index is 1160. The molecule has 0 aliphatic rings. The highest BCUT2D eigenvalue weighted by molar-refractivity contribution is 5.71. The van der Waals surface area contributed by atoms with E-state index in [0.717, 1.165) is 103 Å². The summed E-state index contributed by atoms with van der Waals surface area (Å²) < 4.78 is 16.7. The highest BCUT2D eigenvalue weighted by Gasteiger charge is 2.19. The van der Waals surface area contributed by atoms with Gasteiger partial charge in [-0.1, -0.05) is 189 Å². The molecule has 0 aliphatic carbocycles. The number of hydrogen-bond donors (Lipinski definition) is 0. The number of esters is 3. The van der Waals surface area contributed by atoms with Gasteiger partial charge in [-0.05, 0) is 83.5 Å². The van der Waals surface area contributed by atoms with Crippen LogP contribution in [0, 0.1) is 0 Å². The van der Waals surface area contributed by atoms with Crippen LogP contribution in [0.4, 0.5) is 0 Å². The topological polar surface area (TPSA) is 78.9 Å². The molecular formula is C52H86O6. The quantitative estimate of drug-likeness (QED) is 0.0201. The molecule has 0 bridgehead atoms. The minimum Gasteiger partial charge on any atom is -0.462 e. The maximum atomic E-state index is 12.7. The second-order valence-electron chi connectivity index (χ2n) is 15.4. The van der Waals surface area contributed by atoms with Gasteiger partial charge in [0.05, 0.1) is 0 Å². The summed E-state index contributed by atoms with van der Waals surface area (Å²) in [6, 6.07) is 0. The van der Waals surface area contributed by atoms with Crippen molar-refractivity contribution in [1.82, 2.24) is 0 Å². The molecule has 0 saturated carbocycles. The minimum atomic E-state index is -0.794. The maximum absolute atomic E-state index is 12.7. The van der Waals surface area contributed by atoms with Gasteiger partial charge >= 0.3 is 17.9 Å². The van der Waals surface area contributed by atoms with Gasteiger partial charge in [0.1, 0.15) is 13.2 Å². The van der Waals surface area contributed by atoms with Crippen molar-refractivity contribution >= 4 is 17.9 Å². The van der Waals surface area contributed by atoms with E-state index in [1.54, 1.807) is 0 Å². The van der Waals surface area contributed by atoms with E-state index in [-0.39, 0.29) is 31.1 Å². The first-order valence-electron chi connectivity index (χ1n) is 23.7. The second kappa shape index (κ2) is 46.3. The van der Waals surface area contributed by atoms with E-state index in [9.17, 15) is 14.4 Å². The third-order valence-corrected chi connectivity index (χ3v) is 9.74. The van der Waals surface area contributed by atoms with Crippen molar-refractivity contribution < 1.29 is 28.6 Å². The summed E-state index contributed by atoms with van der Waals surface area (Å²) in [5.41, 5.74) is 0. The van der Waals surface area contributed by atoms with Gasteiger partial charge < -0.3 is 14.2 Å². The van der Waals surface area contributed by atoms with Gasteiger partial charge in [-0.25, -0.2) is 0 Å². The normalized spacial score (nSPS) is 12.8. The van der Waals surface area contributed by atoms with Gasteiger partial charge in [-0.15, -0.1) is 0 Å². The van der Waals surface area contributed by atoms with Gasteiger partial charge in [0, 0.05) is 19.3 Å². The number of unbranched alkanes of at least 4 members (excludes halogenated alkanes) is 20. The van der Waals surface area contributed by atoms with E-state index in [0.29, 0.717) is 19.3 Å². The lowest BCUT2D eigenvalue weighted by Crippen LogP contribution is -2.30. The number of carbonyl (C=O) groups is 3. The van der Waals surface area contributed by atoms with E-state index in [1.807, 2.05) is 0 Å². The molecule has 0 aromatic heterocycles. The summed E-state index contributed by atoms with van der Waals surface area (Å²) in [5, 5.41) is 0. The van der Waals surface area contributed by atoms with Gasteiger partial charge in [0.15, 0.2) is 6.10 Å². The standard InChI is InChI=1S/C52H86O6/c1-4-7-10-13-16-19-22-25-26-28-30-33-36-39-42-45-51(54)57-48-49(47-56-50(53)44-41-38-35-32-29-24-21-18-15-12-9-6-3)58-52(55)46-43-40-37-34-31-27-23-20-17-14-11-8-5-2/h7-8,10-11,13-14,16-23,49H,4-6,9,12,15,24-48H2,1-3H3/b10-7-,11-8-,16-13-,17-14-,21-18-,22-19-,23-20-. The average Bonchev–Trinajstić information content (AvgIpc) is 3.22. The molecule has 1 unspecified atom stereocenters. The highest BCUT2D eigenvalue weighted by atomic mass is 16.6. The number of allylic oxidation sites excluding steroid dienone is 14. The minimum absolute atomic E-state index is 0.0944. The number of rotatable bonds is 41. The molecule has 0 amide bonds. The lowest BCUT2D eigenvalue weighted by atomic mass is 10.1. The maximum Gasteiger partial charge on any atom is 0.306 e. The van der Waals surface area contributed by atoms with Crippen LogP contribution in [0.1, 0.15) is 207 Å².